The van der Waals surface area contributed by atoms with Crippen LogP contribution in [-0.4, -0.2) is 19.5 Å². The Morgan fingerprint density at radius 2 is 1.15 bits per heavy atom. The lowest BCUT2D eigenvalue weighted by Crippen LogP contribution is -2.17. The molecule has 0 radical (unpaired) electrons. The van der Waals surface area contributed by atoms with Crippen LogP contribution in [0.2, 0.25) is 0 Å². The molecule has 0 amide bonds. The van der Waals surface area contributed by atoms with E-state index in [0.29, 0.717) is 0 Å². The minimum absolute atomic E-state index is 0.246. The van der Waals surface area contributed by atoms with Crippen molar-refractivity contribution < 1.29 is 0 Å². The number of para-hydroxylation sites is 2. The van der Waals surface area contributed by atoms with Gasteiger partial charge in [0.05, 0.1) is 22.4 Å². The van der Waals surface area contributed by atoms with Crippen molar-refractivity contribution in [1.82, 2.24) is 19.5 Å². The van der Waals surface area contributed by atoms with E-state index in [1.54, 1.807) is 0 Å². The van der Waals surface area contributed by atoms with Gasteiger partial charge in [0.1, 0.15) is 0 Å². The first-order chi connectivity index (χ1) is 22.6. The molecule has 0 atom stereocenters. The van der Waals surface area contributed by atoms with E-state index in [1.165, 1.54) is 38.5 Å². The Balaban J connectivity index is 1.24. The third-order valence-corrected chi connectivity index (χ3v) is 9.50. The van der Waals surface area contributed by atoms with E-state index in [-0.39, 0.29) is 5.41 Å². The van der Waals surface area contributed by atoms with Gasteiger partial charge in [0.25, 0.3) is 0 Å². The van der Waals surface area contributed by atoms with E-state index < -0.39 is 0 Å². The Hall–Kier alpha value is -5.87. The van der Waals surface area contributed by atoms with E-state index in [2.05, 4.69) is 145 Å². The highest BCUT2D eigenvalue weighted by atomic mass is 15.0. The maximum absolute atomic E-state index is 5.36. The van der Waals surface area contributed by atoms with Gasteiger partial charge < -0.3 is 4.57 Å². The van der Waals surface area contributed by atoms with Gasteiger partial charge in [-0.1, -0.05) is 105 Å². The average Bonchev–Trinajstić information content (AvgIpc) is 3.57. The van der Waals surface area contributed by atoms with Crippen LogP contribution in [0.3, 0.4) is 0 Å². The van der Waals surface area contributed by atoms with Gasteiger partial charge in [-0.3, -0.25) is 4.98 Å². The first kappa shape index (κ1) is 26.5. The van der Waals surface area contributed by atoms with Crippen LogP contribution >= 0.6 is 0 Å². The van der Waals surface area contributed by atoms with Crippen LogP contribution in [0, 0.1) is 0 Å². The second-order valence-corrected chi connectivity index (χ2v) is 12.5. The Kier molecular flexibility index (Phi) is 5.81. The van der Waals surface area contributed by atoms with Crippen LogP contribution in [0.4, 0.5) is 0 Å². The SMILES string of the molecule is CC1(C)c2ccccc2-c2nc(-c3cccc(-c4ccncc4)c3)nc(-c3ccc(-n4c5ccccc5c5ccccc54)cc3)c21. The molecule has 5 aromatic carbocycles. The number of rotatable bonds is 4. The van der Waals surface area contributed by atoms with Crippen LogP contribution in [-0.2, 0) is 5.41 Å². The van der Waals surface area contributed by atoms with Gasteiger partial charge in [0.2, 0.25) is 0 Å². The van der Waals surface area contributed by atoms with Gasteiger partial charge in [-0.25, -0.2) is 9.97 Å². The van der Waals surface area contributed by atoms with Crippen LogP contribution in [0.1, 0.15) is 25.0 Å². The van der Waals surface area contributed by atoms with Crippen LogP contribution in [0.25, 0.3) is 72.5 Å². The molecule has 4 nitrogen and oxygen atoms in total. The van der Waals surface area contributed by atoms with Gasteiger partial charge in [-0.2, -0.15) is 0 Å². The molecule has 0 N–H and O–H groups in total. The molecule has 4 heteroatoms. The summed E-state index contributed by atoms with van der Waals surface area (Å²) >= 11 is 0. The van der Waals surface area contributed by atoms with E-state index in [9.17, 15) is 0 Å². The fraction of sp³-hybridized carbons (Fsp3) is 0.0714. The zero-order valence-electron chi connectivity index (χ0n) is 25.6. The standard InChI is InChI=1S/C42H30N4/c1-42(2)35-15-6-3-14-34(35)40-38(42)39(44-41(45-40)30-11-9-10-29(26-30)27-22-24-43-25-23-27)28-18-20-31(21-19-28)46-36-16-7-4-12-32(36)33-13-5-8-17-37(33)46/h3-26H,1-2H3. The average molecular weight is 591 g/mol. The lowest BCUT2D eigenvalue weighted by atomic mass is 9.81. The summed E-state index contributed by atoms with van der Waals surface area (Å²) in [6.07, 6.45) is 3.65. The van der Waals surface area contributed by atoms with Crippen LogP contribution in [0.5, 0.6) is 0 Å². The highest BCUT2D eigenvalue weighted by molar-refractivity contribution is 6.09. The van der Waals surface area contributed by atoms with Crippen molar-refractivity contribution in [3.05, 3.63) is 157 Å². The highest BCUT2D eigenvalue weighted by Crippen LogP contribution is 2.51. The molecule has 0 aliphatic heterocycles. The normalized spacial score (nSPS) is 13.2. The van der Waals surface area contributed by atoms with Crippen molar-refractivity contribution in [3.8, 4) is 50.7 Å². The lowest BCUT2D eigenvalue weighted by Gasteiger charge is -2.24. The van der Waals surface area contributed by atoms with Crippen molar-refractivity contribution in [2.24, 2.45) is 0 Å². The predicted octanol–water partition coefficient (Wildman–Crippen LogP) is 10.3. The smallest absolute Gasteiger partial charge is 0.160 e. The van der Waals surface area contributed by atoms with Gasteiger partial charge in [-0.05, 0) is 59.2 Å². The van der Waals surface area contributed by atoms with E-state index in [1.807, 2.05) is 24.5 Å². The third kappa shape index (κ3) is 3.97. The third-order valence-electron chi connectivity index (χ3n) is 9.50. The first-order valence-corrected chi connectivity index (χ1v) is 15.7. The lowest BCUT2D eigenvalue weighted by molar-refractivity contribution is 0.658. The van der Waals surface area contributed by atoms with Gasteiger partial charge in [0, 0.05) is 56.5 Å². The van der Waals surface area contributed by atoms with Crippen LogP contribution in [0.15, 0.2) is 146 Å². The fourth-order valence-corrected chi connectivity index (χ4v) is 7.31. The molecular weight excluding hydrogens is 560 g/mol. The molecule has 3 aromatic heterocycles. The first-order valence-electron chi connectivity index (χ1n) is 15.7. The monoisotopic (exact) mass is 590 g/mol. The fourth-order valence-electron chi connectivity index (χ4n) is 7.31. The van der Waals surface area contributed by atoms with Crippen molar-refractivity contribution >= 4 is 21.8 Å². The molecule has 46 heavy (non-hydrogen) atoms. The summed E-state index contributed by atoms with van der Waals surface area (Å²) in [5, 5.41) is 2.52. The molecule has 0 saturated heterocycles. The van der Waals surface area contributed by atoms with Crippen molar-refractivity contribution in [2.45, 2.75) is 19.3 Å². The number of nitrogens with zero attached hydrogens (tertiary/aromatic N) is 4. The number of hydrogen-bond donors (Lipinski definition) is 0. The summed E-state index contributed by atoms with van der Waals surface area (Å²) < 4.78 is 2.36. The number of benzene rings is 5. The largest absolute Gasteiger partial charge is 0.309 e. The topological polar surface area (TPSA) is 43.6 Å². The van der Waals surface area contributed by atoms with Crippen molar-refractivity contribution in [2.75, 3.05) is 0 Å². The molecule has 1 aliphatic carbocycles. The zero-order chi connectivity index (χ0) is 30.8. The second-order valence-electron chi connectivity index (χ2n) is 12.5. The number of pyridine rings is 1. The molecule has 0 bridgehead atoms. The summed E-state index contributed by atoms with van der Waals surface area (Å²) in [6.45, 7) is 4.58. The molecule has 0 spiro atoms. The Morgan fingerprint density at radius 3 is 1.89 bits per heavy atom. The maximum Gasteiger partial charge on any atom is 0.160 e. The predicted molar refractivity (Wildman–Crippen MR) is 188 cm³/mol. The molecule has 0 fully saturated rings. The molecule has 8 aromatic rings. The summed E-state index contributed by atoms with van der Waals surface area (Å²) in [5.74, 6) is 0.726. The van der Waals surface area contributed by atoms with E-state index in [4.69, 9.17) is 9.97 Å². The number of hydrogen-bond acceptors (Lipinski definition) is 3. The van der Waals surface area contributed by atoms with Crippen molar-refractivity contribution in [1.29, 1.82) is 0 Å². The highest BCUT2D eigenvalue weighted by Gasteiger charge is 2.40. The summed E-state index contributed by atoms with van der Waals surface area (Å²) in [4.78, 5) is 14.8. The minimum Gasteiger partial charge on any atom is -0.309 e. The second kappa shape index (κ2) is 10.1. The van der Waals surface area contributed by atoms with Crippen molar-refractivity contribution in [3.63, 3.8) is 0 Å². The van der Waals surface area contributed by atoms with E-state index >= 15 is 0 Å². The zero-order valence-corrected chi connectivity index (χ0v) is 25.6. The quantitative estimate of drug-likeness (QED) is 0.205. The van der Waals surface area contributed by atoms with E-state index in [0.717, 1.165) is 45.2 Å². The van der Waals surface area contributed by atoms with Gasteiger partial charge in [0.15, 0.2) is 5.82 Å². The number of fused-ring (bicyclic) bond motifs is 6. The molecule has 9 rings (SSSR count). The molecule has 3 heterocycles. The molecule has 0 unspecified atom stereocenters. The minimum atomic E-state index is -0.246. The Labute approximate surface area is 267 Å². The molecule has 0 saturated carbocycles. The maximum atomic E-state index is 5.36. The number of aromatic nitrogens is 4. The summed E-state index contributed by atoms with van der Waals surface area (Å²) in [7, 11) is 0. The van der Waals surface area contributed by atoms with Crippen LogP contribution < -0.4 is 0 Å². The molecule has 1 aliphatic rings. The molecule has 218 valence electrons. The van der Waals surface area contributed by atoms with Gasteiger partial charge >= 0.3 is 0 Å². The molecular formula is C42H30N4. The summed E-state index contributed by atoms with van der Waals surface area (Å²) in [6, 6.07) is 47.4. The van der Waals surface area contributed by atoms with Gasteiger partial charge in [-0.15, -0.1) is 0 Å². The summed E-state index contributed by atoms with van der Waals surface area (Å²) in [5.41, 5.74) is 13.2. The Morgan fingerprint density at radius 1 is 0.522 bits per heavy atom. The Bertz CT molecular complexity index is 2380.